The summed E-state index contributed by atoms with van der Waals surface area (Å²) < 4.78 is 11.1. The first kappa shape index (κ1) is 26.5. The second kappa shape index (κ2) is 11.6. The number of nitrogens with zero attached hydrogens (tertiary/aromatic N) is 1. The monoisotopic (exact) mass is 491 g/mol. The molecule has 0 bridgehead atoms. The highest BCUT2D eigenvalue weighted by molar-refractivity contribution is 5.85. The van der Waals surface area contributed by atoms with Gasteiger partial charge in [-0.2, -0.15) is 0 Å². The van der Waals surface area contributed by atoms with E-state index >= 15 is 0 Å². The van der Waals surface area contributed by atoms with Gasteiger partial charge in [0.15, 0.2) is 12.2 Å². The summed E-state index contributed by atoms with van der Waals surface area (Å²) in [7, 11) is 0. The number of ether oxygens (including phenoxy) is 2. The molecule has 190 valence electrons. The minimum Gasteiger partial charge on any atom is -0.508 e. The third-order valence-corrected chi connectivity index (χ3v) is 5.83. The maximum absolute atomic E-state index is 13.2. The number of primary amides is 1. The van der Waals surface area contributed by atoms with Crippen LogP contribution in [0.3, 0.4) is 0 Å². The van der Waals surface area contributed by atoms with Crippen LogP contribution in [0.1, 0.15) is 43.4 Å². The molecule has 2 atom stereocenters. The Morgan fingerprint density at radius 3 is 2.44 bits per heavy atom. The van der Waals surface area contributed by atoms with Crippen molar-refractivity contribution >= 4 is 11.8 Å². The average Bonchev–Trinajstić information content (AvgIpc) is 2.83. The Bertz CT molecular complexity index is 1180. The Morgan fingerprint density at radius 2 is 1.83 bits per heavy atom. The highest BCUT2D eigenvalue weighted by atomic mass is 16.5. The molecule has 1 aromatic heterocycles. The van der Waals surface area contributed by atoms with E-state index in [9.17, 15) is 14.7 Å². The van der Waals surface area contributed by atoms with Gasteiger partial charge in [0.1, 0.15) is 11.5 Å². The van der Waals surface area contributed by atoms with Gasteiger partial charge < -0.3 is 25.6 Å². The van der Waals surface area contributed by atoms with Gasteiger partial charge in [-0.1, -0.05) is 42.0 Å². The number of hydrogen-bond donors (Lipinski definition) is 3. The number of nitrogens with one attached hydrogen (secondary N) is 1. The van der Waals surface area contributed by atoms with E-state index in [0.29, 0.717) is 12.2 Å². The molecule has 3 rings (SSSR count). The van der Waals surface area contributed by atoms with Crippen molar-refractivity contribution in [3.63, 3.8) is 0 Å². The molecule has 2 unspecified atom stereocenters. The number of pyridine rings is 1. The van der Waals surface area contributed by atoms with Gasteiger partial charge in [0.05, 0.1) is 6.20 Å². The number of carbonyl (C=O) groups is 2. The zero-order chi connectivity index (χ0) is 26.3. The van der Waals surface area contributed by atoms with Crippen LogP contribution in [0.5, 0.6) is 17.4 Å². The topological polar surface area (TPSA) is 124 Å². The van der Waals surface area contributed by atoms with Crippen LogP contribution in [0, 0.1) is 6.92 Å². The van der Waals surface area contributed by atoms with Crippen LogP contribution in [0.25, 0.3) is 0 Å². The molecule has 0 aliphatic carbocycles. The van der Waals surface area contributed by atoms with Crippen molar-refractivity contribution in [2.24, 2.45) is 5.73 Å². The summed E-state index contributed by atoms with van der Waals surface area (Å²) in [5.41, 5.74) is 7.09. The second-order valence-corrected chi connectivity index (χ2v) is 9.35. The van der Waals surface area contributed by atoms with Crippen LogP contribution in [-0.2, 0) is 16.0 Å². The van der Waals surface area contributed by atoms with Gasteiger partial charge >= 0.3 is 0 Å². The predicted molar refractivity (Wildman–Crippen MR) is 137 cm³/mol. The molecule has 0 fully saturated rings. The molecular formula is C28H33N3O5. The summed E-state index contributed by atoms with van der Waals surface area (Å²) in [5, 5.41) is 13.1. The lowest BCUT2D eigenvalue weighted by Gasteiger charge is -2.30. The second-order valence-electron chi connectivity index (χ2n) is 9.35. The summed E-state index contributed by atoms with van der Waals surface area (Å²) in [4.78, 5) is 28.2. The van der Waals surface area contributed by atoms with Gasteiger partial charge in [0.2, 0.25) is 5.88 Å². The van der Waals surface area contributed by atoms with Crippen LogP contribution < -0.4 is 20.5 Å². The number of carbonyl (C=O) groups excluding carboxylic acids is 2. The molecule has 0 aliphatic heterocycles. The van der Waals surface area contributed by atoms with Crippen molar-refractivity contribution in [3.8, 4) is 17.4 Å². The summed E-state index contributed by atoms with van der Waals surface area (Å²) in [5.74, 6) is -0.202. The van der Waals surface area contributed by atoms with Crippen molar-refractivity contribution < 1.29 is 24.2 Å². The van der Waals surface area contributed by atoms with Crippen LogP contribution in [0.15, 0.2) is 66.9 Å². The molecule has 1 heterocycles. The van der Waals surface area contributed by atoms with Gasteiger partial charge in [-0.25, -0.2) is 4.98 Å². The van der Waals surface area contributed by atoms with Crippen LogP contribution in [0.4, 0.5) is 0 Å². The number of aromatic nitrogens is 1. The molecule has 2 aromatic carbocycles. The van der Waals surface area contributed by atoms with Crippen LogP contribution in [-0.4, -0.2) is 40.2 Å². The number of phenols is 1. The zero-order valence-corrected chi connectivity index (χ0v) is 21.0. The lowest BCUT2D eigenvalue weighted by Crippen LogP contribution is -2.51. The van der Waals surface area contributed by atoms with Crippen molar-refractivity contribution in [1.29, 1.82) is 0 Å². The third kappa shape index (κ3) is 7.46. The molecule has 36 heavy (non-hydrogen) atoms. The Labute approximate surface area is 211 Å². The number of aryl methyl sites for hydroxylation is 1. The standard InChI is InChI=1S/C28H33N3O5/c1-18-8-10-20(11-9-18)14-24(21-6-5-7-22(32)15-21)19(2)31-27(34)28(3,4)36-26-13-12-23(16-30-26)35-17-25(29)33/h5-13,15-16,19,24,32H,14,17H2,1-4H3,(H2,29,33)(H,31,34). The third-order valence-electron chi connectivity index (χ3n) is 5.83. The van der Waals surface area contributed by atoms with E-state index < -0.39 is 11.5 Å². The molecule has 3 aromatic rings. The van der Waals surface area contributed by atoms with Gasteiger partial charge in [-0.05, 0) is 63.4 Å². The van der Waals surface area contributed by atoms with Gasteiger partial charge in [0.25, 0.3) is 11.8 Å². The molecule has 8 nitrogen and oxygen atoms in total. The smallest absolute Gasteiger partial charge is 0.263 e. The van der Waals surface area contributed by atoms with E-state index in [1.165, 1.54) is 11.8 Å². The van der Waals surface area contributed by atoms with Gasteiger partial charge in [-0.15, -0.1) is 0 Å². The number of phenolic OH excluding ortho intramolecular Hbond substituents is 1. The first-order valence-electron chi connectivity index (χ1n) is 11.7. The normalized spacial score (nSPS) is 12.9. The first-order chi connectivity index (χ1) is 17.0. The van der Waals surface area contributed by atoms with Crippen molar-refractivity contribution in [2.45, 2.75) is 51.7 Å². The maximum Gasteiger partial charge on any atom is 0.263 e. The van der Waals surface area contributed by atoms with E-state index in [1.807, 2.05) is 19.9 Å². The average molecular weight is 492 g/mol. The first-order valence-corrected chi connectivity index (χ1v) is 11.7. The summed E-state index contributed by atoms with van der Waals surface area (Å²) in [6, 6.07) is 18.3. The molecule has 0 saturated carbocycles. The molecule has 0 aliphatic rings. The number of nitrogens with two attached hydrogens (primary N) is 1. The summed E-state index contributed by atoms with van der Waals surface area (Å²) in [6.45, 7) is 7.06. The van der Waals surface area contributed by atoms with Gasteiger partial charge in [0, 0.05) is 18.0 Å². The molecule has 0 saturated heterocycles. The Hall–Kier alpha value is -4.07. The number of hydrogen-bond acceptors (Lipinski definition) is 6. The van der Waals surface area contributed by atoms with E-state index in [0.717, 1.165) is 11.1 Å². The summed E-state index contributed by atoms with van der Waals surface area (Å²) >= 11 is 0. The maximum atomic E-state index is 13.2. The predicted octanol–water partition coefficient (Wildman–Crippen LogP) is 3.65. The van der Waals surface area contributed by atoms with E-state index in [2.05, 4.69) is 34.6 Å². The van der Waals surface area contributed by atoms with E-state index in [1.54, 1.807) is 44.2 Å². The van der Waals surface area contributed by atoms with E-state index in [4.69, 9.17) is 15.2 Å². The highest BCUT2D eigenvalue weighted by Gasteiger charge is 2.33. The minimum atomic E-state index is -1.22. The molecule has 0 spiro atoms. The largest absolute Gasteiger partial charge is 0.508 e. The minimum absolute atomic E-state index is 0.0839. The summed E-state index contributed by atoms with van der Waals surface area (Å²) in [6.07, 6.45) is 2.08. The molecular weight excluding hydrogens is 458 g/mol. The van der Waals surface area contributed by atoms with Crippen molar-refractivity contribution in [2.75, 3.05) is 6.61 Å². The number of aromatic hydroxyl groups is 1. The van der Waals surface area contributed by atoms with Gasteiger partial charge in [-0.3, -0.25) is 9.59 Å². The van der Waals surface area contributed by atoms with Crippen molar-refractivity contribution in [3.05, 3.63) is 83.6 Å². The number of benzene rings is 2. The lowest BCUT2D eigenvalue weighted by atomic mass is 9.86. The number of rotatable bonds is 11. The van der Waals surface area contributed by atoms with Crippen LogP contribution in [0.2, 0.25) is 0 Å². The fourth-order valence-electron chi connectivity index (χ4n) is 3.77. The van der Waals surface area contributed by atoms with Crippen LogP contribution >= 0.6 is 0 Å². The fraction of sp³-hybridized carbons (Fsp3) is 0.321. The zero-order valence-electron chi connectivity index (χ0n) is 21.0. The molecule has 0 radical (unpaired) electrons. The highest BCUT2D eigenvalue weighted by Crippen LogP contribution is 2.28. The number of amides is 2. The quantitative estimate of drug-likeness (QED) is 0.376. The Morgan fingerprint density at radius 1 is 1.11 bits per heavy atom. The SMILES string of the molecule is Cc1ccc(CC(c2cccc(O)c2)C(C)NC(=O)C(C)(C)Oc2ccc(OCC(N)=O)cn2)cc1. The molecule has 4 N–H and O–H groups in total. The lowest BCUT2D eigenvalue weighted by molar-refractivity contribution is -0.135. The molecule has 8 heteroatoms. The van der Waals surface area contributed by atoms with E-state index in [-0.39, 0.29) is 36.1 Å². The molecule has 2 amide bonds. The Kier molecular flexibility index (Phi) is 8.53. The Balaban J connectivity index is 1.71. The van der Waals surface area contributed by atoms with Crippen molar-refractivity contribution in [1.82, 2.24) is 10.3 Å². The fourth-order valence-corrected chi connectivity index (χ4v) is 3.77.